The van der Waals surface area contributed by atoms with E-state index in [0.29, 0.717) is 28.3 Å². The predicted octanol–water partition coefficient (Wildman–Crippen LogP) is 2.82. The van der Waals surface area contributed by atoms with Gasteiger partial charge in [-0.15, -0.1) is 0 Å². The average molecular weight is 294 g/mol. The number of carboxylic acids is 1. The predicted molar refractivity (Wildman–Crippen MR) is 73.6 cm³/mol. The number of hydrogen-bond donors (Lipinski definition) is 2. The lowest BCUT2D eigenvalue weighted by Crippen LogP contribution is -1.97. The van der Waals surface area contributed by atoms with Crippen LogP contribution in [0.2, 0.25) is 0 Å². The van der Waals surface area contributed by atoms with Crippen molar-refractivity contribution in [1.29, 1.82) is 0 Å². The Labute approximate surface area is 120 Å². The van der Waals surface area contributed by atoms with Gasteiger partial charge in [0.05, 0.1) is 19.9 Å². The molecule has 6 nitrogen and oxygen atoms in total. The fourth-order valence-corrected chi connectivity index (χ4v) is 2.00. The van der Waals surface area contributed by atoms with Gasteiger partial charge >= 0.3 is 5.97 Å². The first kappa shape index (κ1) is 14.8. The largest absolute Gasteiger partial charge is 0.496 e. The standard InChI is InChI=1S/C14H15FN2O4/c1-7(15)8-4-9(13(21-3)6-12(8)20-2)10-5-11(14(18)19)17-16-10/h4-7H,1-3H3,(H,16,17)(H,18,19). The summed E-state index contributed by atoms with van der Waals surface area (Å²) in [5.41, 5.74) is 1.13. The van der Waals surface area contributed by atoms with Crippen molar-refractivity contribution in [2.45, 2.75) is 13.1 Å². The van der Waals surface area contributed by atoms with Crippen molar-refractivity contribution < 1.29 is 23.8 Å². The minimum Gasteiger partial charge on any atom is -0.496 e. The van der Waals surface area contributed by atoms with Gasteiger partial charge in [0.1, 0.15) is 23.4 Å². The molecule has 0 aliphatic heterocycles. The monoisotopic (exact) mass is 294 g/mol. The van der Waals surface area contributed by atoms with Gasteiger partial charge in [-0.25, -0.2) is 9.18 Å². The lowest BCUT2D eigenvalue weighted by Gasteiger charge is -2.14. The zero-order valence-corrected chi connectivity index (χ0v) is 11.8. The van der Waals surface area contributed by atoms with Crippen LogP contribution < -0.4 is 9.47 Å². The second kappa shape index (κ2) is 5.82. The van der Waals surface area contributed by atoms with Gasteiger partial charge < -0.3 is 14.6 Å². The molecular weight excluding hydrogens is 279 g/mol. The van der Waals surface area contributed by atoms with Crippen LogP contribution in [0.25, 0.3) is 11.3 Å². The molecule has 0 radical (unpaired) electrons. The number of methoxy groups -OCH3 is 2. The van der Waals surface area contributed by atoms with Gasteiger partial charge in [-0.2, -0.15) is 5.10 Å². The van der Waals surface area contributed by atoms with Crippen LogP contribution >= 0.6 is 0 Å². The molecule has 7 heteroatoms. The molecule has 0 saturated heterocycles. The summed E-state index contributed by atoms with van der Waals surface area (Å²) >= 11 is 0. The van der Waals surface area contributed by atoms with E-state index in [1.165, 1.54) is 27.2 Å². The highest BCUT2D eigenvalue weighted by Crippen LogP contribution is 2.38. The number of nitrogens with one attached hydrogen (secondary N) is 1. The minimum absolute atomic E-state index is 0.0577. The summed E-state index contributed by atoms with van der Waals surface area (Å²) in [6.45, 7) is 1.39. The second-order valence-electron chi connectivity index (χ2n) is 4.38. The number of halogens is 1. The summed E-state index contributed by atoms with van der Waals surface area (Å²) in [7, 11) is 2.90. The Bertz CT molecular complexity index is 667. The fraction of sp³-hybridized carbons (Fsp3) is 0.286. The van der Waals surface area contributed by atoms with E-state index in [9.17, 15) is 9.18 Å². The third-order valence-corrected chi connectivity index (χ3v) is 3.06. The van der Waals surface area contributed by atoms with E-state index >= 15 is 0 Å². The number of benzene rings is 1. The minimum atomic E-state index is -1.25. The SMILES string of the molecule is COc1cc(OC)c(C(C)F)cc1-c1cc(C(=O)O)[nH]n1. The van der Waals surface area contributed by atoms with E-state index < -0.39 is 12.1 Å². The Morgan fingerprint density at radius 3 is 2.43 bits per heavy atom. The van der Waals surface area contributed by atoms with E-state index in [1.54, 1.807) is 12.1 Å². The van der Waals surface area contributed by atoms with Gasteiger partial charge in [-0.05, 0) is 19.1 Å². The first-order chi connectivity index (χ1) is 9.97. The maximum absolute atomic E-state index is 13.7. The Kier molecular flexibility index (Phi) is 4.11. The number of aromatic nitrogens is 2. The number of carbonyl (C=O) groups is 1. The average Bonchev–Trinajstić information content (AvgIpc) is 2.95. The first-order valence-corrected chi connectivity index (χ1v) is 6.17. The van der Waals surface area contributed by atoms with Gasteiger partial charge in [-0.3, -0.25) is 5.10 Å². The number of ether oxygens (including phenoxy) is 2. The third kappa shape index (κ3) is 2.81. The molecule has 0 aliphatic rings. The van der Waals surface area contributed by atoms with Crippen LogP contribution in [0.1, 0.15) is 29.1 Å². The molecule has 0 aliphatic carbocycles. The van der Waals surface area contributed by atoms with Crippen LogP contribution in [0.15, 0.2) is 18.2 Å². The van der Waals surface area contributed by atoms with Gasteiger partial charge in [0.15, 0.2) is 0 Å². The first-order valence-electron chi connectivity index (χ1n) is 6.17. The number of aromatic amines is 1. The molecule has 0 amide bonds. The Morgan fingerprint density at radius 1 is 1.29 bits per heavy atom. The highest BCUT2D eigenvalue weighted by atomic mass is 19.1. The molecule has 1 unspecified atom stereocenters. The molecule has 0 spiro atoms. The van der Waals surface area contributed by atoms with Crippen molar-refractivity contribution in [2.24, 2.45) is 0 Å². The molecule has 1 heterocycles. The molecule has 0 fully saturated rings. The highest BCUT2D eigenvalue weighted by Gasteiger charge is 2.19. The van der Waals surface area contributed by atoms with E-state index in [1.807, 2.05) is 0 Å². The van der Waals surface area contributed by atoms with E-state index in [0.717, 1.165) is 0 Å². The van der Waals surface area contributed by atoms with Gasteiger partial charge in [0, 0.05) is 17.2 Å². The Morgan fingerprint density at radius 2 is 1.95 bits per heavy atom. The number of carboxylic acid groups (broad SMARTS) is 1. The molecule has 2 aromatic rings. The lowest BCUT2D eigenvalue weighted by molar-refractivity contribution is 0.0690. The number of alkyl halides is 1. The van der Waals surface area contributed by atoms with Crippen molar-refractivity contribution >= 4 is 5.97 Å². The van der Waals surface area contributed by atoms with Gasteiger partial charge in [0.25, 0.3) is 0 Å². The molecule has 1 aromatic carbocycles. The maximum atomic E-state index is 13.7. The van der Waals surface area contributed by atoms with E-state index in [-0.39, 0.29) is 5.69 Å². The van der Waals surface area contributed by atoms with Crippen molar-refractivity contribution in [3.8, 4) is 22.8 Å². The molecule has 112 valence electrons. The zero-order valence-electron chi connectivity index (χ0n) is 11.8. The van der Waals surface area contributed by atoms with Crippen molar-refractivity contribution in [2.75, 3.05) is 14.2 Å². The molecule has 21 heavy (non-hydrogen) atoms. The lowest BCUT2D eigenvalue weighted by atomic mass is 10.0. The fourth-order valence-electron chi connectivity index (χ4n) is 2.00. The number of H-pyrrole nitrogens is 1. The van der Waals surface area contributed by atoms with Gasteiger partial charge in [-0.1, -0.05) is 0 Å². The summed E-state index contributed by atoms with van der Waals surface area (Å²) < 4.78 is 24.1. The van der Waals surface area contributed by atoms with Crippen molar-refractivity contribution in [1.82, 2.24) is 10.2 Å². The Hall–Kier alpha value is -2.57. The number of rotatable bonds is 5. The topological polar surface area (TPSA) is 84.4 Å². The van der Waals surface area contributed by atoms with Crippen LogP contribution in [0.5, 0.6) is 11.5 Å². The highest BCUT2D eigenvalue weighted by molar-refractivity contribution is 5.87. The van der Waals surface area contributed by atoms with Crippen LogP contribution in [0.4, 0.5) is 4.39 Å². The van der Waals surface area contributed by atoms with E-state index in [2.05, 4.69) is 10.2 Å². The van der Waals surface area contributed by atoms with Crippen LogP contribution in [-0.2, 0) is 0 Å². The van der Waals surface area contributed by atoms with Crippen molar-refractivity contribution in [3.05, 3.63) is 29.5 Å². The molecule has 2 rings (SSSR count). The number of aromatic carboxylic acids is 1. The summed E-state index contributed by atoms with van der Waals surface area (Å²) in [6, 6.07) is 4.46. The van der Waals surface area contributed by atoms with Crippen LogP contribution in [0.3, 0.4) is 0 Å². The third-order valence-electron chi connectivity index (χ3n) is 3.06. The summed E-state index contributed by atoms with van der Waals surface area (Å²) in [4.78, 5) is 10.9. The number of hydrogen-bond acceptors (Lipinski definition) is 4. The molecule has 1 atom stereocenters. The number of nitrogens with zero attached hydrogens (tertiary/aromatic N) is 1. The molecule has 0 bridgehead atoms. The Balaban J connectivity index is 2.60. The maximum Gasteiger partial charge on any atom is 0.353 e. The normalized spacial score (nSPS) is 12.0. The van der Waals surface area contributed by atoms with E-state index in [4.69, 9.17) is 14.6 Å². The smallest absolute Gasteiger partial charge is 0.353 e. The second-order valence-corrected chi connectivity index (χ2v) is 4.38. The summed E-state index contributed by atoms with van der Waals surface area (Å²) in [5.74, 6) is -0.348. The van der Waals surface area contributed by atoms with Crippen LogP contribution in [0, 0.1) is 0 Å². The quantitative estimate of drug-likeness (QED) is 0.885. The zero-order chi connectivity index (χ0) is 15.6. The molecule has 2 N–H and O–H groups in total. The molecular formula is C14H15FN2O4. The van der Waals surface area contributed by atoms with Gasteiger partial charge in [0.2, 0.25) is 0 Å². The molecule has 0 saturated carbocycles. The van der Waals surface area contributed by atoms with Crippen LogP contribution in [-0.4, -0.2) is 35.5 Å². The summed E-state index contributed by atoms with van der Waals surface area (Å²) in [5, 5.41) is 15.2. The van der Waals surface area contributed by atoms with Crippen molar-refractivity contribution in [3.63, 3.8) is 0 Å². The molecule has 1 aromatic heterocycles. The summed E-state index contributed by atoms with van der Waals surface area (Å²) in [6.07, 6.45) is -1.25.